The Balaban J connectivity index is 1.86. The molecule has 3 rings (SSSR count). The van der Waals surface area contributed by atoms with Gasteiger partial charge in [0.1, 0.15) is 0 Å². The second-order valence-corrected chi connectivity index (χ2v) is 8.91. The lowest BCUT2D eigenvalue weighted by Crippen LogP contribution is -2.15. The molecule has 3 aliphatic carbocycles. The molecule has 0 aromatic carbocycles. The minimum absolute atomic E-state index is 0.145. The van der Waals surface area contributed by atoms with Crippen LogP contribution in [0.2, 0.25) is 0 Å². The maximum Gasteiger partial charge on any atom is 0.253 e. The van der Waals surface area contributed by atoms with E-state index in [0.29, 0.717) is 0 Å². The molecule has 2 nitrogen and oxygen atoms in total. The summed E-state index contributed by atoms with van der Waals surface area (Å²) >= 11 is 0. The average Bonchev–Trinajstić information content (AvgIpc) is 2.57. The fraction of sp³-hybridized carbons (Fsp3) is 0.667. The summed E-state index contributed by atoms with van der Waals surface area (Å²) < 4.78 is 20.1. The van der Waals surface area contributed by atoms with E-state index in [1.54, 1.807) is 0 Å². The minimum atomic E-state index is -2.75. The van der Waals surface area contributed by atoms with E-state index < -0.39 is 7.37 Å². The predicted molar refractivity (Wildman–Crippen MR) is 88.6 cm³/mol. The molecular weight excluding hydrogens is 279 g/mol. The molecule has 1 unspecified atom stereocenters. The highest BCUT2D eigenvalue weighted by Gasteiger charge is 2.36. The molecule has 0 aromatic rings. The summed E-state index contributed by atoms with van der Waals surface area (Å²) in [6, 6.07) is 0. The van der Waals surface area contributed by atoms with Crippen molar-refractivity contribution in [1.82, 2.24) is 0 Å². The van der Waals surface area contributed by atoms with Crippen LogP contribution in [0.3, 0.4) is 0 Å². The van der Waals surface area contributed by atoms with E-state index in [1.165, 1.54) is 12.8 Å². The van der Waals surface area contributed by atoms with Crippen LogP contribution in [0.1, 0.15) is 70.6 Å². The first-order chi connectivity index (χ1) is 10.3. The second-order valence-electron chi connectivity index (χ2n) is 6.45. The molecule has 0 heterocycles. The zero-order valence-corrected chi connectivity index (χ0v) is 13.8. The summed E-state index contributed by atoms with van der Waals surface area (Å²) in [4.78, 5) is 0. The lowest BCUT2D eigenvalue weighted by atomic mass is 10.1. The van der Waals surface area contributed by atoms with Crippen LogP contribution in [0, 0.1) is 0 Å². The van der Waals surface area contributed by atoms with Crippen LogP contribution in [0.4, 0.5) is 0 Å². The summed E-state index contributed by atoms with van der Waals surface area (Å²) in [5.41, 5.74) is 0. The molecule has 0 spiro atoms. The highest BCUT2D eigenvalue weighted by Crippen LogP contribution is 2.67. The first-order valence-electron chi connectivity index (χ1n) is 8.62. The van der Waals surface area contributed by atoms with Gasteiger partial charge in [-0.15, -0.1) is 0 Å². The number of allylic oxidation sites excluding steroid dienone is 5. The van der Waals surface area contributed by atoms with E-state index in [4.69, 9.17) is 4.52 Å². The SMILES string of the molecule is O=P(OC1CC=CCC1)(C1=CCCCC1)C1=CCCCC1. The van der Waals surface area contributed by atoms with E-state index in [0.717, 1.165) is 68.4 Å². The molecule has 0 aliphatic heterocycles. The van der Waals surface area contributed by atoms with Gasteiger partial charge in [0.25, 0.3) is 7.37 Å². The lowest BCUT2D eigenvalue weighted by Gasteiger charge is -2.31. The van der Waals surface area contributed by atoms with Crippen molar-refractivity contribution in [2.75, 3.05) is 0 Å². The molecule has 0 saturated carbocycles. The van der Waals surface area contributed by atoms with Gasteiger partial charge in [-0.25, -0.2) is 0 Å². The maximum absolute atomic E-state index is 13.8. The molecule has 116 valence electrons. The monoisotopic (exact) mass is 306 g/mol. The van der Waals surface area contributed by atoms with E-state index >= 15 is 0 Å². The van der Waals surface area contributed by atoms with E-state index in [1.807, 2.05) is 0 Å². The second kappa shape index (κ2) is 7.11. The third-order valence-corrected chi connectivity index (χ3v) is 7.73. The van der Waals surface area contributed by atoms with Gasteiger partial charge in [-0.05, 0) is 70.6 Å². The van der Waals surface area contributed by atoms with Crippen LogP contribution in [0.5, 0.6) is 0 Å². The lowest BCUT2D eigenvalue weighted by molar-refractivity contribution is 0.197. The zero-order valence-electron chi connectivity index (χ0n) is 12.9. The van der Waals surface area contributed by atoms with Gasteiger partial charge < -0.3 is 4.52 Å². The molecule has 3 heteroatoms. The van der Waals surface area contributed by atoms with Gasteiger partial charge in [-0.1, -0.05) is 24.3 Å². The van der Waals surface area contributed by atoms with Crippen LogP contribution in [-0.2, 0) is 9.09 Å². The first-order valence-corrected chi connectivity index (χ1v) is 10.2. The summed E-state index contributed by atoms with van der Waals surface area (Å²) in [6.07, 6.45) is 20.8. The highest BCUT2D eigenvalue weighted by molar-refractivity contribution is 7.67. The molecule has 0 fully saturated rings. The molecule has 0 radical (unpaired) electrons. The van der Waals surface area contributed by atoms with Crippen LogP contribution in [0.15, 0.2) is 34.9 Å². The Bertz CT molecular complexity index is 471. The number of hydrogen-bond acceptors (Lipinski definition) is 2. The minimum Gasteiger partial charge on any atom is -0.319 e. The van der Waals surface area contributed by atoms with Gasteiger partial charge >= 0.3 is 0 Å². The van der Waals surface area contributed by atoms with Crippen molar-refractivity contribution in [1.29, 1.82) is 0 Å². The standard InChI is InChI=1S/C18H27O2P/c19-21(17-12-6-2-7-13-17,18-14-8-3-9-15-18)20-16-10-4-1-5-11-16/h1,4,12,14,16H,2-3,5-11,13,15H2. The van der Waals surface area contributed by atoms with Crippen molar-refractivity contribution in [3.8, 4) is 0 Å². The molecule has 0 N–H and O–H groups in total. The summed E-state index contributed by atoms with van der Waals surface area (Å²) in [5, 5.41) is 2.24. The molecule has 0 bridgehead atoms. The predicted octanol–water partition coefficient (Wildman–Crippen LogP) is 6.31. The van der Waals surface area contributed by atoms with Crippen LogP contribution in [-0.4, -0.2) is 6.10 Å². The van der Waals surface area contributed by atoms with Crippen LogP contribution < -0.4 is 0 Å². The van der Waals surface area contributed by atoms with E-state index in [9.17, 15) is 4.57 Å². The summed E-state index contributed by atoms with van der Waals surface area (Å²) in [6.45, 7) is 0. The topological polar surface area (TPSA) is 26.3 Å². The normalized spacial score (nSPS) is 27.1. The van der Waals surface area contributed by atoms with Crippen molar-refractivity contribution in [2.24, 2.45) is 0 Å². The Hall–Kier alpha value is -0.590. The largest absolute Gasteiger partial charge is 0.319 e. The number of rotatable bonds is 4. The molecule has 0 amide bonds. The third-order valence-electron chi connectivity index (χ3n) is 4.81. The molecule has 0 saturated heterocycles. The highest BCUT2D eigenvalue weighted by atomic mass is 31.2. The van der Waals surface area contributed by atoms with Gasteiger partial charge in [-0.3, -0.25) is 4.57 Å². The zero-order chi connectivity index (χ0) is 14.5. The van der Waals surface area contributed by atoms with Gasteiger partial charge in [-0.2, -0.15) is 0 Å². The summed E-state index contributed by atoms with van der Waals surface area (Å²) in [5.74, 6) is 0. The van der Waals surface area contributed by atoms with Crippen LogP contribution in [0.25, 0.3) is 0 Å². The Morgan fingerprint density at radius 3 is 2.05 bits per heavy atom. The van der Waals surface area contributed by atoms with Crippen molar-refractivity contribution >= 4 is 7.37 Å². The van der Waals surface area contributed by atoms with Crippen molar-refractivity contribution in [3.05, 3.63) is 34.9 Å². The summed E-state index contributed by atoms with van der Waals surface area (Å²) in [7, 11) is -2.75. The molecule has 21 heavy (non-hydrogen) atoms. The average molecular weight is 306 g/mol. The number of hydrogen-bond donors (Lipinski definition) is 0. The smallest absolute Gasteiger partial charge is 0.253 e. The van der Waals surface area contributed by atoms with Crippen LogP contribution >= 0.6 is 7.37 Å². The van der Waals surface area contributed by atoms with Crippen molar-refractivity contribution in [3.63, 3.8) is 0 Å². The Kier molecular flexibility index (Phi) is 5.19. The van der Waals surface area contributed by atoms with Gasteiger partial charge in [0.2, 0.25) is 0 Å². The third kappa shape index (κ3) is 3.60. The van der Waals surface area contributed by atoms with E-state index in [2.05, 4.69) is 24.3 Å². The Labute approximate surface area is 128 Å². The first kappa shape index (κ1) is 15.3. The molecule has 3 aliphatic rings. The van der Waals surface area contributed by atoms with E-state index in [-0.39, 0.29) is 6.10 Å². The van der Waals surface area contributed by atoms with Crippen molar-refractivity contribution < 1.29 is 9.09 Å². The fourth-order valence-electron chi connectivity index (χ4n) is 3.57. The molecule has 1 atom stereocenters. The molecular formula is C18H27O2P. The fourth-order valence-corrected chi connectivity index (χ4v) is 6.46. The van der Waals surface area contributed by atoms with Gasteiger partial charge in [0.15, 0.2) is 0 Å². The van der Waals surface area contributed by atoms with Gasteiger partial charge in [0, 0.05) is 10.6 Å². The van der Waals surface area contributed by atoms with Crippen molar-refractivity contribution in [2.45, 2.75) is 76.7 Å². The Morgan fingerprint density at radius 1 is 0.905 bits per heavy atom. The molecule has 0 aromatic heterocycles. The maximum atomic E-state index is 13.8. The Morgan fingerprint density at radius 2 is 1.57 bits per heavy atom. The quantitative estimate of drug-likeness (QED) is 0.449. The van der Waals surface area contributed by atoms with Gasteiger partial charge in [0.05, 0.1) is 6.10 Å².